The normalized spacial score (nSPS) is 12.1. The van der Waals surface area contributed by atoms with E-state index in [1.165, 1.54) is 12.1 Å². The van der Waals surface area contributed by atoms with Gasteiger partial charge in [0.2, 0.25) is 0 Å². The molecule has 0 radical (unpaired) electrons. The van der Waals surface area contributed by atoms with E-state index in [9.17, 15) is 9.32 Å². The van der Waals surface area contributed by atoms with Gasteiger partial charge < -0.3 is 10.4 Å². The summed E-state index contributed by atoms with van der Waals surface area (Å²) in [6, 6.07) is 5.51. The van der Waals surface area contributed by atoms with Crippen molar-refractivity contribution in [2.45, 2.75) is 12.5 Å². The standard InChI is InChI=1S/C10H12FNO3/c1-12-9(10(13)14)6-7-2-4-8(15-11)5-3-7/h2-5,9,12H,6H2,1H3,(H,13,14)/t9-/m0/s1/i11-1. The van der Waals surface area contributed by atoms with Crippen LogP contribution in [0.25, 0.3) is 0 Å². The van der Waals surface area contributed by atoms with Crippen LogP contribution in [0.3, 0.4) is 0 Å². The van der Waals surface area contributed by atoms with Crippen molar-refractivity contribution in [1.82, 2.24) is 5.32 Å². The van der Waals surface area contributed by atoms with Crippen molar-refractivity contribution in [3.05, 3.63) is 29.8 Å². The van der Waals surface area contributed by atoms with Gasteiger partial charge in [-0.1, -0.05) is 12.1 Å². The summed E-state index contributed by atoms with van der Waals surface area (Å²) in [5.74, 6) is -0.807. The Labute approximate surface area is 86.6 Å². The summed E-state index contributed by atoms with van der Waals surface area (Å²) in [4.78, 5) is 14.2. The molecule has 0 aromatic heterocycles. The van der Waals surface area contributed by atoms with Gasteiger partial charge in [0, 0.05) is 4.53 Å². The van der Waals surface area contributed by atoms with E-state index in [1.54, 1.807) is 19.2 Å². The molecular formula is C10H12FNO3. The minimum Gasteiger partial charge on any atom is -0.480 e. The monoisotopic (exact) mass is 212 g/mol. The molecule has 1 aromatic carbocycles. The number of carbonyl (C=O) groups is 1. The van der Waals surface area contributed by atoms with Crippen molar-refractivity contribution in [2.75, 3.05) is 7.05 Å². The number of aliphatic carboxylic acids is 1. The van der Waals surface area contributed by atoms with E-state index >= 15 is 0 Å². The second-order valence-electron chi connectivity index (χ2n) is 3.10. The van der Waals surface area contributed by atoms with Gasteiger partial charge in [0.25, 0.3) is 0 Å². The van der Waals surface area contributed by atoms with E-state index in [4.69, 9.17) is 5.11 Å². The Bertz CT molecular complexity index is 326. The number of halogens is 1. The highest BCUT2D eigenvalue weighted by Gasteiger charge is 2.14. The zero-order valence-electron chi connectivity index (χ0n) is 8.24. The van der Waals surface area contributed by atoms with Crippen molar-refractivity contribution >= 4 is 5.97 Å². The molecule has 0 spiro atoms. The van der Waals surface area contributed by atoms with Crippen molar-refractivity contribution in [3.8, 4) is 5.75 Å². The van der Waals surface area contributed by atoms with Crippen LogP contribution < -0.4 is 10.3 Å². The number of nitrogens with one attached hydrogen (secondary N) is 1. The molecule has 82 valence electrons. The van der Waals surface area contributed by atoms with Crippen molar-refractivity contribution in [3.63, 3.8) is 0 Å². The van der Waals surface area contributed by atoms with Gasteiger partial charge in [-0.05, 0) is 31.2 Å². The smallest absolute Gasteiger partial charge is 0.321 e. The molecule has 0 amide bonds. The predicted molar refractivity (Wildman–Crippen MR) is 52.4 cm³/mol. The van der Waals surface area contributed by atoms with Gasteiger partial charge in [-0.2, -0.15) is 0 Å². The van der Waals surface area contributed by atoms with E-state index in [1.807, 2.05) is 0 Å². The van der Waals surface area contributed by atoms with Gasteiger partial charge >= 0.3 is 5.97 Å². The number of carboxylic acids is 1. The van der Waals surface area contributed by atoms with E-state index in [-0.39, 0.29) is 5.75 Å². The highest BCUT2D eigenvalue weighted by molar-refractivity contribution is 5.73. The summed E-state index contributed by atoms with van der Waals surface area (Å²) in [5.41, 5.74) is 0.803. The molecular weight excluding hydrogens is 200 g/mol. The van der Waals surface area contributed by atoms with Crippen molar-refractivity contribution in [1.29, 1.82) is 0 Å². The van der Waals surface area contributed by atoms with E-state index in [2.05, 4.69) is 10.3 Å². The Morgan fingerprint density at radius 3 is 2.53 bits per heavy atom. The second-order valence-corrected chi connectivity index (χ2v) is 3.10. The minimum absolute atomic E-state index is 0.107. The maximum absolute atomic E-state index is 11.7. The Morgan fingerprint density at radius 1 is 1.53 bits per heavy atom. The van der Waals surface area contributed by atoms with Crippen LogP contribution in [0.15, 0.2) is 24.3 Å². The molecule has 0 bridgehead atoms. The van der Waals surface area contributed by atoms with Crippen LogP contribution >= 0.6 is 0 Å². The Balaban J connectivity index is 2.67. The average molecular weight is 212 g/mol. The first-order valence-electron chi connectivity index (χ1n) is 4.45. The first kappa shape index (κ1) is 11.5. The topological polar surface area (TPSA) is 58.6 Å². The molecule has 1 atom stereocenters. The Kier molecular flexibility index (Phi) is 4.05. The molecule has 0 aliphatic carbocycles. The summed E-state index contributed by atoms with van der Waals surface area (Å²) in [5, 5.41) is 11.5. The van der Waals surface area contributed by atoms with Crippen molar-refractivity contribution in [2.24, 2.45) is 0 Å². The maximum Gasteiger partial charge on any atom is 0.321 e. The minimum atomic E-state index is -0.914. The van der Waals surface area contributed by atoms with Gasteiger partial charge in [-0.3, -0.25) is 9.74 Å². The molecule has 1 rings (SSSR count). The lowest BCUT2D eigenvalue weighted by atomic mass is 10.1. The number of benzene rings is 1. The first-order chi connectivity index (χ1) is 7.17. The molecule has 0 aliphatic rings. The second kappa shape index (κ2) is 5.31. The molecule has 2 N–H and O–H groups in total. The summed E-state index contributed by atoms with van der Waals surface area (Å²) < 4.78 is 11.7. The quantitative estimate of drug-likeness (QED) is 0.769. The molecule has 0 fully saturated rings. The fraction of sp³-hybridized carbons (Fsp3) is 0.300. The zero-order chi connectivity index (χ0) is 11.3. The fourth-order valence-electron chi connectivity index (χ4n) is 1.23. The molecule has 0 aliphatic heterocycles. The molecule has 0 saturated heterocycles. The molecule has 4 nitrogen and oxygen atoms in total. The Hall–Kier alpha value is -1.62. The first-order valence-corrected chi connectivity index (χ1v) is 4.45. The lowest BCUT2D eigenvalue weighted by Crippen LogP contribution is -2.35. The van der Waals surface area contributed by atoms with Crippen LogP contribution in [0, 0.1) is 0 Å². The molecule has 5 heteroatoms. The lowest BCUT2D eigenvalue weighted by Gasteiger charge is -2.10. The highest BCUT2D eigenvalue weighted by Crippen LogP contribution is 2.13. The summed E-state index contributed by atoms with van der Waals surface area (Å²) in [6.07, 6.45) is 0.346. The van der Waals surface area contributed by atoms with E-state index in [0.29, 0.717) is 6.42 Å². The average Bonchev–Trinajstić information content (AvgIpc) is 2.26. The van der Waals surface area contributed by atoms with Crippen LogP contribution in [-0.4, -0.2) is 24.2 Å². The number of hydrogen-bond donors (Lipinski definition) is 2. The zero-order valence-corrected chi connectivity index (χ0v) is 8.24. The highest BCUT2D eigenvalue weighted by atomic mass is 18.4. The van der Waals surface area contributed by atoms with Gasteiger partial charge in [-0.25, -0.2) is 0 Å². The molecule has 0 unspecified atom stereocenters. The predicted octanol–water partition coefficient (Wildman–Crippen LogP) is 1.16. The van der Waals surface area contributed by atoms with Crippen LogP contribution in [0.1, 0.15) is 5.56 Å². The largest absolute Gasteiger partial charge is 0.480 e. The number of hydrogen-bond acceptors (Lipinski definition) is 3. The summed E-state index contributed by atoms with van der Waals surface area (Å²) in [7, 11) is 1.58. The van der Waals surface area contributed by atoms with Crippen molar-refractivity contribution < 1.29 is 19.4 Å². The van der Waals surface area contributed by atoms with Crippen LogP contribution in [0.5, 0.6) is 5.75 Å². The SMILES string of the molecule is CN[C@@H](Cc1ccc(O[18F])cc1)C(=O)O. The third kappa shape index (κ3) is 3.21. The number of carboxylic acid groups (broad SMARTS) is 1. The third-order valence-corrected chi connectivity index (χ3v) is 2.10. The molecule has 15 heavy (non-hydrogen) atoms. The number of likely N-dealkylation sites (N-methyl/N-ethyl adjacent to an activating group) is 1. The van der Waals surface area contributed by atoms with Gasteiger partial charge in [0.05, 0.1) is 0 Å². The molecule has 0 heterocycles. The summed E-state index contributed by atoms with van der Waals surface area (Å²) >= 11 is 0. The summed E-state index contributed by atoms with van der Waals surface area (Å²) in [6.45, 7) is 0. The van der Waals surface area contributed by atoms with Gasteiger partial charge in [0.15, 0.2) is 5.75 Å². The van der Waals surface area contributed by atoms with Gasteiger partial charge in [0.1, 0.15) is 6.04 Å². The van der Waals surface area contributed by atoms with Gasteiger partial charge in [-0.15, -0.1) is 0 Å². The maximum atomic E-state index is 11.7. The number of rotatable bonds is 5. The van der Waals surface area contributed by atoms with Crippen LogP contribution in [0.4, 0.5) is 4.53 Å². The fourth-order valence-corrected chi connectivity index (χ4v) is 1.23. The van der Waals surface area contributed by atoms with Crippen LogP contribution in [-0.2, 0) is 11.2 Å². The Morgan fingerprint density at radius 2 is 2.13 bits per heavy atom. The van der Waals surface area contributed by atoms with E-state index in [0.717, 1.165) is 5.56 Å². The van der Waals surface area contributed by atoms with E-state index < -0.39 is 12.0 Å². The van der Waals surface area contributed by atoms with Crippen LogP contribution in [0.2, 0.25) is 0 Å². The third-order valence-electron chi connectivity index (χ3n) is 2.10. The molecule has 1 aromatic rings. The molecule has 0 saturated carbocycles. The lowest BCUT2D eigenvalue weighted by molar-refractivity contribution is -0.139.